The molecule has 1 heterocycles. The van der Waals surface area contributed by atoms with Crippen molar-refractivity contribution in [3.63, 3.8) is 0 Å². The third-order valence-electron chi connectivity index (χ3n) is 3.32. The van der Waals surface area contributed by atoms with E-state index in [0.29, 0.717) is 11.3 Å². The Balaban J connectivity index is 2.24. The van der Waals surface area contributed by atoms with Gasteiger partial charge in [0.1, 0.15) is 0 Å². The van der Waals surface area contributed by atoms with E-state index in [4.69, 9.17) is 5.73 Å². The van der Waals surface area contributed by atoms with E-state index in [2.05, 4.69) is 35.0 Å². The van der Waals surface area contributed by atoms with Gasteiger partial charge in [-0.3, -0.25) is 4.79 Å². The molecule has 106 valence electrons. The molecule has 5 heteroatoms. The Labute approximate surface area is 131 Å². The van der Waals surface area contributed by atoms with Crippen molar-refractivity contribution in [2.75, 3.05) is 12.8 Å². The predicted molar refractivity (Wildman–Crippen MR) is 88.1 cm³/mol. The van der Waals surface area contributed by atoms with Crippen molar-refractivity contribution >= 4 is 38.9 Å². The van der Waals surface area contributed by atoms with E-state index >= 15 is 0 Å². The van der Waals surface area contributed by atoms with Gasteiger partial charge in [0.15, 0.2) is 0 Å². The first kappa shape index (κ1) is 15.1. The summed E-state index contributed by atoms with van der Waals surface area (Å²) in [5.41, 5.74) is 6.96. The summed E-state index contributed by atoms with van der Waals surface area (Å²) in [6.07, 6.45) is 0. The quantitative estimate of drug-likeness (QED) is 0.840. The Bertz CT molecular complexity index is 639. The minimum atomic E-state index is -0.0615. The van der Waals surface area contributed by atoms with Crippen LogP contribution in [-0.4, -0.2) is 17.9 Å². The van der Waals surface area contributed by atoms with Gasteiger partial charge < -0.3 is 10.6 Å². The molecule has 1 amide bonds. The van der Waals surface area contributed by atoms with Crippen LogP contribution in [0.1, 0.15) is 33.1 Å². The molecular formula is C15H17BrN2OS. The molecule has 3 nitrogen and oxygen atoms in total. The molecule has 0 aliphatic carbocycles. The molecule has 20 heavy (non-hydrogen) atoms. The average Bonchev–Trinajstić information content (AvgIpc) is 2.83. The second-order valence-corrected chi connectivity index (χ2v) is 7.01. The van der Waals surface area contributed by atoms with Crippen LogP contribution in [0.2, 0.25) is 0 Å². The average molecular weight is 353 g/mol. The zero-order valence-corrected chi connectivity index (χ0v) is 14.1. The summed E-state index contributed by atoms with van der Waals surface area (Å²) in [4.78, 5) is 16.7. The molecule has 0 bridgehead atoms. The first-order valence-electron chi connectivity index (χ1n) is 6.28. The molecule has 0 fully saturated rings. The van der Waals surface area contributed by atoms with Gasteiger partial charge in [-0.1, -0.05) is 15.9 Å². The van der Waals surface area contributed by atoms with E-state index in [1.807, 2.05) is 20.0 Å². The second kappa shape index (κ2) is 5.97. The number of carbonyl (C=O) groups is 1. The van der Waals surface area contributed by atoms with Crippen molar-refractivity contribution in [1.82, 2.24) is 4.90 Å². The Morgan fingerprint density at radius 1 is 1.35 bits per heavy atom. The first-order chi connectivity index (χ1) is 9.40. The van der Waals surface area contributed by atoms with Crippen molar-refractivity contribution in [1.29, 1.82) is 0 Å². The number of nitrogen functional groups attached to an aromatic ring is 1. The summed E-state index contributed by atoms with van der Waals surface area (Å²) in [5.74, 6) is -0.0615. The van der Waals surface area contributed by atoms with Gasteiger partial charge in [0, 0.05) is 27.0 Å². The van der Waals surface area contributed by atoms with Crippen LogP contribution >= 0.6 is 27.3 Å². The van der Waals surface area contributed by atoms with E-state index in [-0.39, 0.29) is 11.9 Å². The molecule has 1 aromatic heterocycles. The number of hydrogen-bond acceptors (Lipinski definition) is 3. The number of nitrogens with zero attached hydrogens (tertiary/aromatic N) is 1. The van der Waals surface area contributed by atoms with Gasteiger partial charge >= 0.3 is 0 Å². The molecule has 1 unspecified atom stereocenters. The molecule has 2 N–H and O–H groups in total. The Morgan fingerprint density at radius 3 is 2.60 bits per heavy atom. The smallest absolute Gasteiger partial charge is 0.256 e. The topological polar surface area (TPSA) is 46.3 Å². The number of amides is 1. The summed E-state index contributed by atoms with van der Waals surface area (Å²) in [5, 5.41) is 0. The highest BCUT2D eigenvalue weighted by Crippen LogP contribution is 2.28. The summed E-state index contributed by atoms with van der Waals surface area (Å²) in [7, 11) is 1.81. The van der Waals surface area contributed by atoms with Gasteiger partial charge in [0.25, 0.3) is 5.91 Å². The van der Waals surface area contributed by atoms with Gasteiger partial charge in [0.2, 0.25) is 0 Å². The van der Waals surface area contributed by atoms with Crippen LogP contribution in [0.3, 0.4) is 0 Å². The number of hydrogen-bond donors (Lipinski definition) is 1. The Morgan fingerprint density at radius 2 is 2.05 bits per heavy atom. The van der Waals surface area contributed by atoms with Crippen LogP contribution < -0.4 is 5.73 Å². The molecule has 1 atom stereocenters. The van der Waals surface area contributed by atoms with Crippen LogP contribution in [-0.2, 0) is 0 Å². The lowest BCUT2D eigenvalue weighted by Crippen LogP contribution is -2.29. The number of aryl methyl sites for hydroxylation is 1. The van der Waals surface area contributed by atoms with Crippen LogP contribution in [0.5, 0.6) is 0 Å². The fourth-order valence-electron chi connectivity index (χ4n) is 1.96. The van der Waals surface area contributed by atoms with E-state index in [1.54, 1.807) is 28.4 Å². The number of benzene rings is 1. The van der Waals surface area contributed by atoms with Gasteiger partial charge in [-0.05, 0) is 44.2 Å². The molecule has 0 aliphatic rings. The molecule has 0 aliphatic heterocycles. The largest absolute Gasteiger partial charge is 0.398 e. The second-order valence-electron chi connectivity index (χ2n) is 4.77. The fraction of sp³-hybridized carbons (Fsp3) is 0.267. The van der Waals surface area contributed by atoms with Crippen LogP contribution in [0, 0.1) is 6.92 Å². The molecule has 2 rings (SSSR count). The molecule has 0 saturated carbocycles. The monoisotopic (exact) mass is 352 g/mol. The molecule has 0 saturated heterocycles. The van der Waals surface area contributed by atoms with E-state index in [1.165, 1.54) is 9.75 Å². The predicted octanol–water partition coefficient (Wildman–Crippen LogP) is 4.23. The Hall–Kier alpha value is -1.33. The summed E-state index contributed by atoms with van der Waals surface area (Å²) in [6, 6.07) is 9.51. The number of anilines is 1. The number of rotatable bonds is 3. The fourth-order valence-corrected chi connectivity index (χ4v) is 3.31. The third kappa shape index (κ3) is 3.04. The van der Waals surface area contributed by atoms with Gasteiger partial charge in [-0.15, -0.1) is 11.3 Å². The number of carbonyl (C=O) groups excluding carboxylic acids is 1. The number of nitrogens with two attached hydrogens (primary N) is 1. The lowest BCUT2D eigenvalue weighted by atomic mass is 10.1. The van der Waals surface area contributed by atoms with Gasteiger partial charge in [-0.25, -0.2) is 0 Å². The van der Waals surface area contributed by atoms with Crippen LogP contribution in [0.25, 0.3) is 0 Å². The minimum Gasteiger partial charge on any atom is -0.398 e. The summed E-state index contributed by atoms with van der Waals surface area (Å²) in [6.45, 7) is 4.09. The van der Waals surface area contributed by atoms with Crippen molar-refractivity contribution < 1.29 is 4.79 Å². The van der Waals surface area contributed by atoms with Crippen LogP contribution in [0.4, 0.5) is 5.69 Å². The third-order valence-corrected chi connectivity index (χ3v) is 4.98. The van der Waals surface area contributed by atoms with Crippen molar-refractivity contribution in [2.24, 2.45) is 0 Å². The van der Waals surface area contributed by atoms with E-state index in [0.717, 1.165) is 4.47 Å². The summed E-state index contributed by atoms with van der Waals surface area (Å²) < 4.78 is 0.871. The van der Waals surface area contributed by atoms with Crippen LogP contribution in [0.15, 0.2) is 34.8 Å². The number of halogens is 1. The SMILES string of the molecule is Cc1ccc(C(C)N(C)C(=O)c2ccc(Br)cc2N)s1. The first-order valence-corrected chi connectivity index (χ1v) is 7.89. The maximum Gasteiger partial charge on any atom is 0.256 e. The lowest BCUT2D eigenvalue weighted by molar-refractivity contribution is 0.0746. The number of thiophene rings is 1. The van der Waals surface area contributed by atoms with E-state index < -0.39 is 0 Å². The maximum atomic E-state index is 12.5. The highest BCUT2D eigenvalue weighted by molar-refractivity contribution is 9.10. The molecule has 1 aromatic carbocycles. The Kier molecular flexibility index (Phi) is 4.50. The summed E-state index contributed by atoms with van der Waals surface area (Å²) >= 11 is 5.06. The van der Waals surface area contributed by atoms with Crippen molar-refractivity contribution in [3.8, 4) is 0 Å². The highest BCUT2D eigenvalue weighted by Gasteiger charge is 2.21. The minimum absolute atomic E-state index is 0.0317. The molecule has 0 radical (unpaired) electrons. The normalized spacial score (nSPS) is 12.2. The molecular weight excluding hydrogens is 336 g/mol. The molecule has 0 spiro atoms. The lowest BCUT2D eigenvalue weighted by Gasteiger charge is -2.24. The molecule has 2 aromatic rings. The van der Waals surface area contributed by atoms with Crippen molar-refractivity contribution in [2.45, 2.75) is 19.9 Å². The zero-order valence-electron chi connectivity index (χ0n) is 11.7. The highest BCUT2D eigenvalue weighted by atomic mass is 79.9. The van der Waals surface area contributed by atoms with Gasteiger partial charge in [0.05, 0.1) is 11.6 Å². The zero-order chi connectivity index (χ0) is 14.9. The van der Waals surface area contributed by atoms with E-state index in [9.17, 15) is 4.79 Å². The maximum absolute atomic E-state index is 12.5. The van der Waals surface area contributed by atoms with Gasteiger partial charge in [-0.2, -0.15) is 0 Å². The standard InChI is InChI=1S/C15H17BrN2OS/c1-9-4-7-14(20-9)10(2)18(3)15(19)12-6-5-11(16)8-13(12)17/h4-8,10H,17H2,1-3H3. The van der Waals surface area contributed by atoms with Crippen molar-refractivity contribution in [3.05, 3.63) is 50.1 Å².